The van der Waals surface area contributed by atoms with Crippen LogP contribution in [0, 0.1) is 0 Å². The zero-order valence-electron chi connectivity index (χ0n) is 15.7. The van der Waals surface area contributed by atoms with Crippen molar-refractivity contribution in [2.75, 3.05) is 11.9 Å². The van der Waals surface area contributed by atoms with Crippen molar-refractivity contribution >= 4 is 44.3 Å². The Morgan fingerprint density at radius 2 is 1.85 bits per heavy atom. The summed E-state index contributed by atoms with van der Waals surface area (Å²) < 4.78 is 6.76. The lowest BCUT2D eigenvalue weighted by Crippen LogP contribution is -2.61. The molecule has 0 N–H and O–H groups in total. The Hall–Kier alpha value is -2.33. The smallest absolute Gasteiger partial charge is 0.228 e. The standard InChI is InChI=1S/C23H21BrN2O/c1-22(2)20-16(13-24)8-6-10-18(20)26(3)23(22)14-25-21-17-9-5-4-7-15(17)11-12-19(21)27-23/h4-12,14H,13H2,1-3H3. The van der Waals surface area contributed by atoms with Gasteiger partial charge in [-0.3, -0.25) is 4.99 Å². The fourth-order valence-electron chi connectivity index (χ4n) is 4.72. The number of halogens is 1. The zero-order valence-corrected chi connectivity index (χ0v) is 17.2. The van der Waals surface area contributed by atoms with Crippen molar-refractivity contribution in [2.24, 2.45) is 4.99 Å². The van der Waals surface area contributed by atoms with E-state index in [0.29, 0.717) is 0 Å². The largest absolute Gasteiger partial charge is 0.459 e. The maximum atomic E-state index is 6.76. The first-order valence-corrected chi connectivity index (χ1v) is 10.3. The summed E-state index contributed by atoms with van der Waals surface area (Å²) in [6, 6.07) is 18.9. The molecule has 0 fully saturated rings. The molecule has 3 aromatic rings. The summed E-state index contributed by atoms with van der Waals surface area (Å²) in [6.45, 7) is 4.50. The Labute approximate surface area is 167 Å². The molecule has 1 unspecified atom stereocenters. The third-order valence-corrected chi connectivity index (χ3v) is 6.75. The Kier molecular flexibility index (Phi) is 3.48. The lowest BCUT2D eigenvalue weighted by Gasteiger charge is -2.45. The third kappa shape index (κ3) is 2.05. The van der Waals surface area contributed by atoms with Gasteiger partial charge in [-0.05, 0) is 42.5 Å². The Balaban J connectivity index is 1.72. The van der Waals surface area contributed by atoms with E-state index in [0.717, 1.165) is 22.2 Å². The van der Waals surface area contributed by atoms with E-state index in [2.05, 4.69) is 84.2 Å². The van der Waals surface area contributed by atoms with Gasteiger partial charge in [0.2, 0.25) is 5.72 Å². The quantitative estimate of drug-likeness (QED) is 0.454. The van der Waals surface area contributed by atoms with Crippen molar-refractivity contribution in [2.45, 2.75) is 30.3 Å². The summed E-state index contributed by atoms with van der Waals surface area (Å²) >= 11 is 3.66. The second kappa shape index (κ2) is 5.59. The maximum absolute atomic E-state index is 6.76. The normalized spacial score (nSPS) is 22.0. The number of alkyl halides is 1. The van der Waals surface area contributed by atoms with Crippen LogP contribution in [0.15, 0.2) is 59.6 Å². The summed E-state index contributed by atoms with van der Waals surface area (Å²) in [4.78, 5) is 7.17. The zero-order chi connectivity index (χ0) is 18.8. The molecule has 136 valence electrons. The van der Waals surface area contributed by atoms with Gasteiger partial charge in [0.05, 0.1) is 11.6 Å². The second-order valence-corrected chi connectivity index (χ2v) is 8.38. The van der Waals surface area contributed by atoms with Crippen LogP contribution in [0.5, 0.6) is 5.75 Å². The molecule has 1 atom stereocenters. The molecule has 0 radical (unpaired) electrons. The van der Waals surface area contributed by atoms with Gasteiger partial charge < -0.3 is 9.64 Å². The van der Waals surface area contributed by atoms with E-state index in [4.69, 9.17) is 9.73 Å². The molecular formula is C23H21BrN2O. The fourth-order valence-corrected chi connectivity index (χ4v) is 5.18. The number of rotatable bonds is 1. The van der Waals surface area contributed by atoms with Crippen LogP contribution in [-0.4, -0.2) is 19.0 Å². The molecule has 27 heavy (non-hydrogen) atoms. The topological polar surface area (TPSA) is 24.8 Å². The number of nitrogens with zero attached hydrogens (tertiary/aromatic N) is 2. The highest BCUT2D eigenvalue weighted by atomic mass is 79.9. The second-order valence-electron chi connectivity index (χ2n) is 7.82. The average molecular weight is 421 g/mol. The highest BCUT2D eigenvalue weighted by Gasteiger charge is 2.59. The SMILES string of the molecule is CN1c2cccc(CBr)c2C(C)(C)C12C=Nc1c(ccc3ccccc13)O2. The summed E-state index contributed by atoms with van der Waals surface area (Å²) in [5.41, 5.74) is 3.83. The predicted molar refractivity (Wildman–Crippen MR) is 116 cm³/mol. The molecule has 1 spiro atoms. The van der Waals surface area contributed by atoms with Gasteiger partial charge in [-0.2, -0.15) is 0 Å². The van der Waals surface area contributed by atoms with E-state index in [1.807, 2.05) is 18.3 Å². The van der Waals surface area contributed by atoms with Gasteiger partial charge in [-0.25, -0.2) is 0 Å². The highest BCUT2D eigenvalue weighted by Crippen LogP contribution is 2.55. The van der Waals surface area contributed by atoms with Crippen LogP contribution >= 0.6 is 15.9 Å². The number of likely N-dealkylation sites (N-methyl/N-ethyl adjacent to an activating group) is 1. The van der Waals surface area contributed by atoms with E-state index < -0.39 is 5.72 Å². The van der Waals surface area contributed by atoms with Crippen molar-refractivity contribution in [3.05, 3.63) is 65.7 Å². The monoisotopic (exact) mass is 420 g/mol. The van der Waals surface area contributed by atoms with E-state index in [1.54, 1.807) is 0 Å². The van der Waals surface area contributed by atoms with Crippen LogP contribution in [-0.2, 0) is 10.7 Å². The van der Waals surface area contributed by atoms with Crippen molar-refractivity contribution in [1.29, 1.82) is 0 Å². The Bertz CT molecular complexity index is 1100. The van der Waals surface area contributed by atoms with Crippen LogP contribution in [0.1, 0.15) is 25.0 Å². The maximum Gasteiger partial charge on any atom is 0.228 e. The van der Waals surface area contributed by atoms with Crippen LogP contribution in [0.4, 0.5) is 11.4 Å². The Morgan fingerprint density at radius 3 is 2.67 bits per heavy atom. The van der Waals surface area contributed by atoms with Gasteiger partial charge in [-0.15, -0.1) is 0 Å². The molecule has 5 rings (SSSR count). The number of benzene rings is 3. The minimum atomic E-state index is -0.650. The number of hydrogen-bond acceptors (Lipinski definition) is 3. The van der Waals surface area contributed by atoms with Crippen molar-refractivity contribution in [3.8, 4) is 5.75 Å². The van der Waals surface area contributed by atoms with Crippen LogP contribution < -0.4 is 9.64 Å². The predicted octanol–water partition coefficient (Wildman–Crippen LogP) is 5.95. The fraction of sp³-hybridized carbons (Fsp3) is 0.261. The molecule has 0 aliphatic carbocycles. The number of fused-ring (bicyclic) bond motifs is 4. The lowest BCUT2D eigenvalue weighted by molar-refractivity contribution is 0.0824. The molecule has 0 bridgehead atoms. The molecule has 0 amide bonds. The molecule has 0 aromatic heterocycles. The first-order valence-electron chi connectivity index (χ1n) is 9.18. The molecule has 3 aromatic carbocycles. The molecule has 0 saturated heterocycles. The number of hydrogen-bond donors (Lipinski definition) is 0. The first kappa shape index (κ1) is 16.8. The summed E-state index contributed by atoms with van der Waals surface area (Å²) in [6.07, 6.45) is 2.00. The van der Waals surface area contributed by atoms with Crippen LogP contribution in [0.2, 0.25) is 0 Å². The van der Waals surface area contributed by atoms with Gasteiger partial charge in [0, 0.05) is 23.5 Å². The summed E-state index contributed by atoms with van der Waals surface area (Å²) in [5, 5.41) is 3.12. The molecule has 2 aliphatic rings. The number of ether oxygens (including phenoxy) is 1. The summed E-state index contributed by atoms with van der Waals surface area (Å²) in [5.74, 6) is 0.837. The van der Waals surface area contributed by atoms with Gasteiger partial charge in [0.1, 0.15) is 11.4 Å². The van der Waals surface area contributed by atoms with Crippen LogP contribution in [0.25, 0.3) is 10.8 Å². The van der Waals surface area contributed by atoms with Crippen LogP contribution in [0.3, 0.4) is 0 Å². The number of aliphatic imine (C=N–C) groups is 1. The lowest BCUT2D eigenvalue weighted by atomic mass is 9.76. The van der Waals surface area contributed by atoms with Crippen molar-refractivity contribution in [3.63, 3.8) is 0 Å². The first-order chi connectivity index (χ1) is 13.0. The van der Waals surface area contributed by atoms with E-state index in [1.165, 1.54) is 22.2 Å². The molecule has 4 heteroatoms. The van der Waals surface area contributed by atoms with Gasteiger partial charge in [0.15, 0.2) is 0 Å². The third-order valence-electron chi connectivity index (χ3n) is 6.15. The molecule has 2 heterocycles. The molecule has 2 aliphatic heterocycles. The minimum absolute atomic E-state index is 0.256. The van der Waals surface area contributed by atoms with Crippen molar-refractivity contribution in [1.82, 2.24) is 0 Å². The summed E-state index contributed by atoms with van der Waals surface area (Å²) in [7, 11) is 2.10. The highest BCUT2D eigenvalue weighted by molar-refractivity contribution is 9.08. The van der Waals surface area contributed by atoms with Gasteiger partial charge in [-0.1, -0.05) is 58.4 Å². The van der Waals surface area contributed by atoms with E-state index in [9.17, 15) is 0 Å². The molecular weight excluding hydrogens is 400 g/mol. The average Bonchev–Trinajstić information content (AvgIpc) is 2.86. The van der Waals surface area contributed by atoms with E-state index in [-0.39, 0.29) is 5.41 Å². The Morgan fingerprint density at radius 1 is 1.04 bits per heavy atom. The van der Waals surface area contributed by atoms with E-state index >= 15 is 0 Å². The van der Waals surface area contributed by atoms with Gasteiger partial charge in [0.25, 0.3) is 0 Å². The minimum Gasteiger partial charge on any atom is -0.459 e. The molecule has 0 saturated carbocycles. The van der Waals surface area contributed by atoms with Gasteiger partial charge >= 0.3 is 0 Å². The number of anilines is 1. The molecule has 3 nitrogen and oxygen atoms in total. The van der Waals surface area contributed by atoms with Crippen molar-refractivity contribution < 1.29 is 4.74 Å².